The van der Waals surface area contributed by atoms with Crippen molar-refractivity contribution in [3.05, 3.63) is 35.5 Å². The molecule has 0 unspecified atom stereocenters. The Morgan fingerprint density at radius 2 is 1.71 bits per heavy atom. The van der Waals surface area contributed by atoms with E-state index in [-0.39, 0.29) is 17.8 Å². The van der Waals surface area contributed by atoms with Gasteiger partial charge >= 0.3 is 0 Å². The summed E-state index contributed by atoms with van der Waals surface area (Å²) in [4.78, 5) is 9.73. The lowest BCUT2D eigenvalue weighted by molar-refractivity contribution is -0.116. The van der Waals surface area contributed by atoms with Crippen LogP contribution in [0.1, 0.15) is 140 Å². The Balaban J connectivity index is 0.000000642. The van der Waals surface area contributed by atoms with Crippen LogP contribution in [-0.4, -0.2) is 40.9 Å². The van der Waals surface area contributed by atoms with Gasteiger partial charge in [-0.25, -0.2) is 0 Å². The zero-order valence-electron chi connectivity index (χ0n) is 28.4. The summed E-state index contributed by atoms with van der Waals surface area (Å²) in [5, 5.41) is 10.1. The van der Waals surface area contributed by atoms with Crippen LogP contribution in [0.2, 0.25) is 0 Å². The van der Waals surface area contributed by atoms with Gasteiger partial charge in [0.05, 0.1) is 22.9 Å². The topological polar surface area (TPSA) is 55.8 Å². The Morgan fingerprint density at radius 3 is 2.27 bits per heavy atom. The van der Waals surface area contributed by atoms with E-state index in [1.807, 2.05) is 34.6 Å². The van der Waals surface area contributed by atoms with Gasteiger partial charge in [-0.2, -0.15) is 0 Å². The summed E-state index contributed by atoms with van der Waals surface area (Å²) in [6.45, 7) is 25.7. The summed E-state index contributed by atoms with van der Waals surface area (Å²) in [5.41, 5.74) is 4.05. The Bertz CT molecular complexity index is 907. The lowest BCUT2D eigenvalue weighted by Crippen LogP contribution is -2.36. The summed E-state index contributed by atoms with van der Waals surface area (Å²) in [6, 6.07) is 0. The zero-order chi connectivity index (χ0) is 31.1. The predicted octanol–water partition coefficient (Wildman–Crippen LogP) is 9.56. The van der Waals surface area contributed by atoms with Crippen molar-refractivity contribution < 1.29 is 19.4 Å². The Hall–Kier alpha value is -1.23. The Labute approximate surface area is 253 Å². The van der Waals surface area contributed by atoms with Crippen LogP contribution in [0.25, 0.3) is 0 Å². The van der Waals surface area contributed by atoms with Crippen molar-refractivity contribution in [3.8, 4) is 0 Å². The standard InChI is InChI=1S/C31H52O2.C6H12O2/c1-22-13-16-26(33-29(3,4)5)21-25(22)15-14-24-12-10-20-31(8)27(17-18-28(24)31)23(2)11-9-19-30(6,7)32;1-6(2,3)8-5-4-7/h14-15,23,26-28,32H,1,9-13,16-21H2,2-8H3;4H,5H2,1-3H3/b24-14+,25-15-;/t23-,26+,27-,28+,31-;/m1./s1. The fourth-order valence-electron chi connectivity index (χ4n) is 7.54. The van der Waals surface area contributed by atoms with E-state index < -0.39 is 5.60 Å². The smallest absolute Gasteiger partial charge is 0.145 e. The lowest BCUT2D eigenvalue weighted by atomic mass is 9.60. The molecular formula is C37H64O4. The van der Waals surface area contributed by atoms with Gasteiger partial charge < -0.3 is 19.4 Å². The Morgan fingerprint density at radius 1 is 1.02 bits per heavy atom. The molecule has 236 valence electrons. The Kier molecular flexibility index (Phi) is 13.1. The van der Waals surface area contributed by atoms with Crippen LogP contribution < -0.4 is 0 Å². The van der Waals surface area contributed by atoms with Gasteiger partial charge in [-0.1, -0.05) is 56.6 Å². The molecule has 3 fully saturated rings. The number of carbonyl (C=O) groups excluding carboxylic acids is 1. The number of hydrogen-bond acceptors (Lipinski definition) is 4. The van der Waals surface area contributed by atoms with Crippen LogP contribution in [0, 0.1) is 23.2 Å². The third-order valence-electron chi connectivity index (χ3n) is 9.45. The summed E-state index contributed by atoms with van der Waals surface area (Å²) >= 11 is 0. The molecule has 0 bridgehead atoms. The molecule has 0 aliphatic heterocycles. The van der Waals surface area contributed by atoms with Gasteiger partial charge in [0.2, 0.25) is 0 Å². The van der Waals surface area contributed by atoms with E-state index in [0.717, 1.165) is 56.1 Å². The average molecular weight is 573 g/mol. The van der Waals surface area contributed by atoms with E-state index in [2.05, 4.69) is 53.3 Å². The van der Waals surface area contributed by atoms with Gasteiger partial charge in [0.25, 0.3) is 0 Å². The third kappa shape index (κ3) is 12.1. The second kappa shape index (κ2) is 15.0. The average Bonchev–Trinajstić information content (AvgIpc) is 3.19. The lowest BCUT2D eigenvalue weighted by Gasteiger charge is -2.44. The first kappa shape index (κ1) is 36.0. The van der Waals surface area contributed by atoms with Gasteiger partial charge in [-0.15, -0.1) is 0 Å². The van der Waals surface area contributed by atoms with Gasteiger partial charge in [0, 0.05) is 0 Å². The summed E-state index contributed by atoms with van der Waals surface area (Å²) in [5.74, 6) is 2.30. The molecule has 5 atom stereocenters. The molecule has 3 rings (SSSR count). The molecular weight excluding hydrogens is 508 g/mol. The maximum absolute atomic E-state index is 10.1. The molecule has 41 heavy (non-hydrogen) atoms. The molecule has 3 aliphatic carbocycles. The van der Waals surface area contributed by atoms with Crippen molar-refractivity contribution in [2.75, 3.05) is 6.61 Å². The highest BCUT2D eigenvalue weighted by atomic mass is 16.5. The predicted molar refractivity (Wildman–Crippen MR) is 173 cm³/mol. The molecule has 1 N–H and O–H groups in total. The maximum Gasteiger partial charge on any atom is 0.145 e. The minimum atomic E-state index is -0.532. The molecule has 0 saturated heterocycles. The first-order chi connectivity index (χ1) is 18.8. The normalized spacial score (nSPS) is 30.1. The quantitative estimate of drug-likeness (QED) is 0.280. The van der Waals surface area contributed by atoms with Crippen LogP contribution in [0.4, 0.5) is 0 Å². The molecule has 0 heterocycles. The highest BCUT2D eigenvalue weighted by molar-refractivity contribution is 5.50. The van der Waals surface area contributed by atoms with Gasteiger partial charge in [-0.05, 0) is 142 Å². The van der Waals surface area contributed by atoms with E-state index >= 15 is 0 Å². The zero-order valence-corrected chi connectivity index (χ0v) is 28.4. The number of aldehydes is 1. The maximum atomic E-state index is 10.1. The summed E-state index contributed by atoms with van der Waals surface area (Å²) in [6.07, 6.45) is 19.1. The second-order valence-electron chi connectivity index (χ2n) is 16.0. The molecule has 0 amide bonds. The summed E-state index contributed by atoms with van der Waals surface area (Å²) < 4.78 is 11.3. The van der Waals surface area contributed by atoms with Crippen LogP contribution in [-0.2, 0) is 14.3 Å². The van der Waals surface area contributed by atoms with Crippen LogP contribution in [0.3, 0.4) is 0 Å². The number of aliphatic hydroxyl groups is 1. The van der Waals surface area contributed by atoms with Crippen molar-refractivity contribution in [2.24, 2.45) is 23.2 Å². The van der Waals surface area contributed by atoms with Crippen molar-refractivity contribution in [1.29, 1.82) is 0 Å². The third-order valence-corrected chi connectivity index (χ3v) is 9.45. The van der Waals surface area contributed by atoms with Crippen LogP contribution in [0.15, 0.2) is 35.5 Å². The summed E-state index contributed by atoms with van der Waals surface area (Å²) in [7, 11) is 0. The minimum Gasteiger partial charge on any atom is -0.390 e. The highest BCUT2D eigenvalue weighted by Crippen LogP contribution is 2.60. The van der Waals surface area contributed by atoms with Gasteiger partial charge in [0.1, 0.15) is 12.9 Å². The van der Waals surface area contributed by atoms with Crippen molar-refractivity contribution >= 4 is 6.29 Å². The molecule has 0 radical (unpaired) electrons. The molecule has 0 aromatic rings. The molecule has 0 spiro atoms. The number of ether oxygens (including phenoxy) is 2. The fraction of sp³-hybridized carbons (Fsp3) is 0.811. The van der Waals surface area contributed by atoms with Crippen molar-refractivity contribution in [3.63, 3.8) is 0 Å². The van der Waals surface area contributed by atoms with E-state index in [9.17, 15) is 9.90 Å². The van der Waals surface area contributed by atoms with E-state index in [0.29, 0.717) is 11.5 Å². The molecule has 4 nitrogen and oxygen atoms in total. The molecule has 0 aromatic heterocycles. The number of allylic oxidation sites excluding steroid dienone is 4. The minimum absolute atomic E-state index is 0.0828. The van der Waals surface area contributed by atoms with Crippen LogP contribution in [0.5, 0.6) is 0 Å². The SMILES string of the molecule is C=C1CC[C@H](OC(C)(C)C)C/C1=C/C=C1\CCC[C@]2(C)[C@@H]([C@H](C)CCCC(C)(C)O)CC[C@@H]12.CC(C)(C)OCC=O. The largest absolute Gasteiger partial charge is 0.390 e. The monoisotopic (exact) mass is 572 g/mol. The number of hydrogen-bond donors (Lipinski definition) is 1. The molecule has 3 aliphatic rings. The van der Waals surface area contributed by atoms with E-state index in [1.54, 1.807) is 5.57 Å². The van der Waals surface area contributed by atoms with Gasteiger partial charge in [-0.3, -0.25) is 0 Å². The number of rotatable bonds is 9. The number of fused-ring (bicyclic) bond motifs is 1. The van der Waals surface area contributed by atoms with E-state index in [1.165, 1.54) is 49.7 Å². The molecule has 4 heteroatoms. The first-order valence-corrected chi connectivity index (χ1v) is 16.4. The fourth-order valence-corrected chi connectivity index (χ4v) is 7.54. The highest BCUT2D eigenvalue weighted by Gasteiger charge is 2.50. The molecule has 0 aromatic carbocycles. The van der Waals surface area contributed by atoms with Crippen molar-refractivity contribution in [2.45, 2.75) is 163 Å². The van der Waals surface area contributed by atoms with E-state index in [4.69, 9.17) is 9.47 Å². The van der Waals surface area contributed by atoms with Crippen molar-refractivity contribution in [1.82, 2.24) is 0 Å². The molecule has 3 saturated carbocycles. The van der Waals surface area contributed by atoms with Crippen LogP contribution >= 0.6 is 0 Å². The number of carbonyl (C=O) groups is 1. The van der Waals surface area contributed by atoms with Gasteiger partial charge in [0.15, 0.2) is 0 Å². The second-order valence-corrected chi connectivity index (χ2v) is 16.0. The first-order valence-electron chi connectivity index (χ1n) is 16.4.